The predicted octanol–water partition coefficient (Wildman–Crippen LogP) is 5.29. The molecule has 1 saturated heterocycles. The molecule has 1 aliphatic heterocycles. The minimum absolute atomic E-state index is 0.00494. The molecule has 0 bridgehead atoms. The van der Waals surface area contributed by atoms with Gasteiger partial charge in [0.1, 0.15) is 11.5 Å². The average Bonchev–Trinajstić information content (AvgIpc) is 3.01. The van der Waals surface area contributed by atoms with Crippen LogP contribution in [0.25, 0.3) is 5.76 Å². The number of Topliss-reactive ketones (excluding diaryl/α,β-unsaturated/α-hetero) is 1. The van der Waals surface area contributed by atoms with Crippen molar-refractivity contribution in [1.29, 1.82) is 0 Å². The van der Waals surface area contributed by atoms with E-state index in [1.165, 1.54) is 17.0 Å². The van der Waals surface area contributed by atoms with Crippen LogP contribution in [0.5, 0.6) is 5.75 Å². The number of aryl methyl sites for hydroxylation is 2. The summed E-state index contributed by atoms with van der Waals surface area (Å²) in [5.41, 5.74) is 3.38. The van der Waals surface area contributed by atoms with Gasteiger partial charge in [-0.15, -0.1) is 0 Å². The zero-order valence-corrected chi connectivity index (χ0v) is 17.7. The minimum atomic E-state index is -0.898. The molecule has 1 unspecified atom stereocenters. The summed E-state index contributed by atoms with van der Waals surface area (Å²) < 4.78 is 0. The van der Waals surface area contributed by atoms with Crippen LogP contribution >= 0.6 is 11.6 Å². The Kier molecular flexibility index (Phi) is 5.29. The van der Waals surface area contributed by atoms with Gasteiger partial charge in [-0.1, -0.05) is 29.8 Å². The van der Waals surface area contributed by atoms with Crippen molar-refractivity contribution in [3.8, 4) is 5.75 Å². The normalized spacial score (nSPS) is 17.9. The van der Waals surface area contributed by atoms with Crippen LogP contribution in [0.1, 0.15) is 28.3 Å². The van der Waals surface area contributed by atoms with Crippen LogP contribution in [0.3, 0.4) is 0 Å². The Morgan fingerprint density at radius 2 is 1.65 bits per heavy atom. The number of rotatable bonds is 3. The lowest BCUT2D eigenvalue weighted by atomic mass is 9.95. The van der Waals surface area contributed by atoms with E-state index in [1.54, 1.807) is 42.5 Å². The van der Waals surface area contributed by atoms with E-state index in [1.807, 2.05) is 26.0 Å². The smallest absolute Gasteiger partial charge is 0.300 e. The Balaban J connectivity index is 1.96. The highest BCUT2D eigenvalue weighted by atomic mass is 35.5. The second-order valence-corrected chi connectivity index (χ2v) is 7.98. The third-order valence-electron chi connectivity index (χ3n) is 5.52. The molecule has 0 aromatic heterocycles. The fourth-order valence-electron chi connectivity index (χ4n) is 3.75. The zero-order valence-electron chi connectivity index (χ0n) is 17.0. The van der Waals surface area contributed by atoms with Crippen molar-refractivity contribution in [3.63, 3.8) is 0 Å². The Labute approximate surface area is 184 Å². The summed E-state index contributed by atoms with van der Waals surface area (Å²) in [5.74, 6) is -1.84. The summed E-state index contributed by atoms with van der Waals surface area (Å²) in [5, 5.41) is 21.6. The number of hydrogen-bond acceptors (Lipinski definition) is 4. The second kappa shape index (κ2) is 7.93. The monoisotopic (exact) mass is 433 g/mol. The largest absolute Gasteiger partial charge is 0.508 e. The number of carbonyl (C=O) groups is 2. The molecule has 0 aliphatic carbocycles. The number of carbonyl (C=O) groups excluding carboxylic acids is 2. The number of phenolic OH excluding ortho intramolecular Hbond substituents is 1. The molecular weight excluding hydrogens is 414 g/mol. The van der Waals surface area contributed by atoms with E-state index in [-0.39, 0.29) is 17.1 Å². The quantitative estimate of drug-likeness (QED) is 0.334. The van der Waals surface area contributed by atoms with Crippen molar-refractivity contribution in [2.75, 3.05) is 4.90 Å². The van der Waals surface area contributed by atoms with E-state index in [0.29, 0.717) is 21.8 Å². The molecule has 1 amide bonds. The number of aromatic hydroxyl groups is 1. The number of ketones is 1. The van der Waals surface area contributed by atoms with Gasteiger partial charge in [-0.3, -0.25) is 14.5 Å². The van der Waals surface area contributed by atoms with Gasteiger partial charge in [0.25, 0.3) is 11.7 Å². The molecule has 0 radical (unpaired) electrons. The maximum Gasteiger partial charge on any atom is 0.300 e. The molecule has 1 heterocycles. The molecular formula is C25H20ClNO4. The van der Waals surface area contributed by atoms with Crippen molar-refractivity contribution in [1.82, 2.24) is 0 Å². The van der Waals surface area contributed by atoms with E-state index in [2.05, 4.69) is 0 Å². The molecule has 2 N–H and O–H groups in total. The first kappa shape index (κ1) is 20.7. The SMILES string of the molecule is Cc1ccc(N2C(=O)C(=O)/C(=C(/O)c3ccc(Cl)cc3)C2c2cccc(O)c2)cc1C. The van der Waals surface area contributed by atoms with Crippen LogP contribution < -0.4 is 4.90 Å². The lowest BCUT2D eigenvalue weighted by Gasteiger charge is -2.26. The first-order valence-corrected chi connectivity index (χ1v) is 10.1. The van der Waals surface area contributed by atoms with Crippen molar-refractivity contribution >= 4 is 34.7 Å². The Morgan fingerprint density at radius 1 is 0.935 bits per heavy atom. The van der Waals surface area contributed by atoms with Crippen LogP contribution in [0.2, 0.25) is 5.02 Å². The van der Waals surface area contributed by atoms with Crippen LogP contribution in [0.4, 0.5) is 5.69 Å². The number of nitrogens with zero attached hydrogens (tertiary/aromatic N) is 1. The molecule has 5 nitrogen and oxygen atoms in total. The molecule has 1 aliphatic rings. The summed E-state index contributed by atoms with van der Waals surface area (Å²) in [6, 6.07) is 17.3. The van der Waals surface area contributed by atoms with Crippen LogP contribution in [0.15, 0.2) is 72.3 Å². The molecule has 1 fully saturated rings. The van der Waals surface area contributed by atoms with Gasteiger partial charge in [0.15, 0.2) is 0 Å². The second-order valence-electron chi connectivity index (χ2n) is 7.54. The number of amides is 1. The Bertz CT molecular complexity index is 1230. The van der Waals surface area contributed by atoms with Crippen molar-refractivity contribution in [3.05, 3.63) is 99.6 Å². The highest BCUT2D eigenvalue weighted by Crippen LogP contribution is 2.43. The fourth-order valence-corrected chi connectivity index (χ4v) is 3.87. The van der Waals surface area contributed by atoms with Gasteiger partial charge in [-0.25, -0.2) is 0 Å². The van der Waals surface area contributed by atoms with Crippen LogP contribution in [-0.4, -0.2) is 21.9 Å². The van der Waals surface area contributed by atoms with Crippen LogP contribution in [-0.2, 0) is 9.59 Å². The van der Waals surface area contributed by atoms with Gasteiger partial charge in [-0.05, 0) is 79.1 Å². The maximum atomic E-state index is 13.1. The molecule has 156 valence electrons. The lowest BCUT2D eigenvalue weighted by molar-refractivity contribution is -0.132. The van der Waals surface area contributed by atoms with Gasteiger partial charge < -0.3 is 10.2 Å². The molecule has 0 spiro atoms. The summed E-state index contributed by atoms with van der Waals surface area (Å²) in [6.45, 7) is 3.88. The van der Waals surface area contributed by atoms with Crippen molar-refractivity contribution in [2.24, 2.45) is 0 Å². The molecule has 1 atom stereocenters. The van der Waals surface area contributed by atoms with Gasteiger partial charge in [0, 0.05) is 16.3 Å². The number of halogens is 1. The van der Waals surface area contributed by atoms with E-state index < -0.39 is 17.7 Å². The van der Waals surface area contributed by atoms with Gasteiger partial charge in [0.05, 0.1) is 11.6 Å². The van der Waals surface area contributed by atoms with Crippen LogP contribution in [0, 0.1) is 13.8 Å². The minimum Gasteiger partial charge on any atom is -0.508 e. The van der Waals surface area contributed by atoms with E-state index in [9.17, 15) is 19.8 Å². The number of anilines is 1. The molecule has 3 aromatic rings. The summed E-state index contributed by atoms with van der Waals surface area (Å²) in [7, 11) is 0. The fraction of sp³-hybridized carbons (Fsp3) is 0.120. The maximum absolute atomic E-state index is 13.1. The van der Waals surface area contributed by atoms with E-state index in [0.717, 1.165) is 11.1 Å². The highest BCUT2D eigenvalue weighted by Gasteiger charge is 2.47. The lowest BCUT2D eigenvalue weighted by Crippen LogP contribution is -2.29. The van der Waals surface area contributed by atoms with E-state index in [4.69, 9.17) is 11.6 Å². The average molecular weight is 434 g/mol. The van der Waals surface area contributed by atoms with Gasteiger partial charge in [-0.2, -0.15) is 0 Å². The standard InChI is InChI=1S/C25H20ClNO4/c1-14-6-11-19(12-15(14)2)27-22(17-4-3-5-20(28)13-17)21(24(30)25(27)31)23(29)16-7-9-18(26)10-8-16/h3-13,22,28-29H,1-2H3/b23-21+. The first-order valence-electron chi connectivity index (χ1n) is 9.71. The number of aliphatic hydroxyl groups is 1. The molecule has 31 heavy (non-hydrogen) atoms. The first-order chi connectivity index (χ1) is 14.8. The Morgan fingerprint density at radius 3 is 2.29 bits per heavy atom. The molecule has 4 rings (SSSR count). The summed E-state index contributed by atoms with van der Waals surface area (Å²) >= 11 is 5.95. The van der Waals surface area contributed by atoms with E-state index >= 15 is 0 Å². The predicted molar refractivity (Wildman–Crippen MR) is 120 cm³/mol. The number of phenols is 1. The van der Waals surface area contributed by atoms with Crippen molar-refractivity contribution in [2.45, 2.75) is 19.9 Å². The van der Waals surface area contributed by atoms with Gasteiger partial charge in [0.2, 0.25) is 0 Å². The third kappa shape index (κ3) is 3.68. The van der Waals surface area contributed by atoms with Gasteiger partial charge >= 0.3 is 0 Å². The molecule has 0 saturated carbocycles. The topological polar surface area (TPSA) is 77.8 Å². The summed E-state index contributed by atoms with van der Waals surface area (Å²) in [4.78, 5) is 27.6. The van der Waals surface area contributed by atoms with Crippen molar-refractivity contribution < 1.29 is 19.8 Å². The molecule has 6 heteroatoms. The number of hydrogen-bond donors (Lipinski definition) is 2. The highest BCUT2D eigenvalue weighted by molar-refractivity contribution is 6.51. The summed E-state index contributed by atoms with van der Waals surface area (Å²) in [6.07, 6.45) is 0. The number of aliphatic hydroxyl groups excluding tert-OH is 1. The zero-order chi connectivity index (χ0) is 22.3. The third-order valence-corrected chi connectivity index (χ3v) is 5.77. The Hall–Kier alpha value is -3.57. The molecule has 3 aromatic carbocycles. The number of benzene rings is 3.